The second-order valence-corrected chi connectivity index (χ2v) is 11.8. The number of alkyl halides is 3. The molecule has 0 saturated carbocycles. The van der Waals surface area contributed by atoms with Crippen LogP contribution < -0.4 is 15.0 Å². The van der Waals surface area contributed by atoms with Gasteiger partial charge in [0.15, 0.2) is 11.0 Å². The number of para-hydroxylation sites is 1. The molecule has 4 aromatic rings. The summed E-state index contributed by atoms with van der Waals surface area (Å²) in [4.78, 5) is 24.0. The Kier molecular flexibility index (Phi) is 9.28. The van der Waals surface area contributed by atoms with Gasteiger partial charge in [0, 0.05) is 35.5 Å². The molecule has 2 heterocycles. The fourth-order valence-electron chi connectivity index (χ4n) is 5.07. The Labute approximate surface area is 258 Å². The number of nitrogens with one attached hydrogen (secondary N) is 1. The third-order valence-electron chi connectivity index (χ3n) is 7.52. The lowest BCUT2D eigenvalue weighted by Gasteiger charge is -2.32. The van der Waals surface area contributed by atoms with E-state index >= 15 is 0 Å². The van der Waals surface area contributed by atoms with Crippen LogP contribution in [0.25, 0.3) is 17.1 Å². The van der Waals surface area contributed by atoms with Crippen molar-refractivity contribution in [2.75, 3.05) is 17.2 Å². The molecular weight excluding hydrogens is 589 g/mol. The average Bonchev–Trinajstić information content (AvgIpc) is 3.47. The summed E-state index contributed by atoms with van der Waals surface area (Å²) in [5.41, 5.74) is 5.77. The van der Waals surface area contributed by atoms with Crippen LogP contribution in [0.15, 0.2) is 78.0 Å². The van der Waals surface area contributed by atoms with Crippen molar-refractivity contribution >= 4 is 28.6 Å². The normalized spacial score (nSPS) is 16.1. The molecule has 3 aromatic carbocycles. The molecular formula is C32H33F3N6O2S. The number of amides is 2. The summed E-state index contributed by atoms with van der Waals surface area (Å²) in [6.45, 7) is 8.98. The van der Waals surface area contributed by atoms with Gasteiger partial charge in [0.25, 0.3) is 0 Å². The first-order valence-corrected chi connectivity index (χ1v) is 15.2. The molecule has 1 N–H and O–H groups in total. The molecule has 1 aliphatic rings. The van der Waals surface area contributed by atoms with E-state index in [1.807, 2.05) is 44.2 Å². The van der Waals surface area contributed by atoms with Crippen molar-refractivity contribution in [1.29, 1.82) is 0 Å². The molecule has 230 valence electrons. The summed E-state index contributed by atoms with van der Waals surface area (Å²) >= 11 is 1.60. The van der Waals surface area contributed by atoms with Crippen molar-refractivity contribution < 1.29 is 22.7 Å². The number of nitrogens with zero attached hydrogens (tertiary/aromatic N) is 5. The number of hydrogen-bond donors (Lipinski definition) is 1. The van der Waals surface area contributed by atoms with Crippen molar-refractivity contribution in [1.82, 2.24) is 20.1 Å². The van der Waals surface area contributed by atoms with Gasteiger partial charge in [-0.3, -0.25) is 0 Å². The molecule has 0 bridgehead atoms. The lowest BCUT2D eigenvalue weighted by molar-refractivity contribution is -0.274. The highest BCUT2D eigenvalue weighted by molar-refractivity contribution is 8.14. The third kappa shape index (κ3) is 7.42. The number of anilines is 1. The SMILES string of the molecule is Cc1cccc(C)c1N1CCCSC1=NC(=O)NC(C)C(C)c1ccc(-c2ncn(-c3ccc(OC(F)(F)F)cc3)n2)cc1. The number of aryl methyl sites for hydroxylation is 2. The van der Waals surface area contributed by atoms with Crippen molar-refractivity contribution in [3.63, 3.8) is 0 Å². The smallest absolute Gasteiger partial charge is 0.406 e. The Morgan fingerprint density at radius 3 is 2.36 bits per heavy atom. The van der Waals surface area contributed by atoms with Gasteiger partial charge in [-0.15, -0.1) is 18.3 Å². The van der Waals surface area contributed by atoms with Gasteiger partial charge in [0.2, 0.25) is 0 Å². The van der Waals surface area contributed by atoms with Crippen molar-refractivity contribution in [2.45, 2.75) is 52.4 Å². The quantitative estimate of drug-likeness (QED) is 0.228. The van der Waals surface area contributed by atoms with Gasteiger partial charge >= 0.3 is 12.4 Å². The summed E-state index contributed by atoms with van der Waals surface area (Å²) in [6, 6.07) is 18.8. The molecule has 0 radical (unpaired) electrons. The Morgan fingerprint density at radius 1 is 1.02 bits per heavy atom. The molecule has 2 atom stereocenters. The first kappa shape index (κ1) is 31.1. The summed E-state index contributed by atoms with van der Waals surface area (Å²) in [5.74, 6) is 1.08. The number of aliphatic imine (C=N–C) groups is 1. The second kappa shape index (κ2) is 13.1. The number of rotatable bonds is 7. The third-order valence-corrected chi connectivity index (χ3v) is 8.58. The summed E-state index contributed by atoms with van der Waals surface area (Å²) < 4.78 is 42.7. The van der Waals surface area contributed by atoms with Gasteiger partial charge in [-0.2, -0.15) is 4.99 Å². The minimum Gasteiger partial charge on any atom is -0.406 e. The predicted octanol–water partition coefficient (Wildman–Crippen LogP) is 7.65. The van der Waals surface area contributed by atoms with Crippen LogP contribution in [0.4, 0.5) is 23.7 Å². The van der Waals surface area contributed by atoms with E-state index in [9.17, 15) is 18.0 Å². The Hall–Kier alpha value is -4.32. The van der Waals surface area contributed by atoms with Crippen LogP contribution in [0.2, 0.25) is 0 Å². The van der Waals surface area contributed by atoms with Gasteiger partial charge in [-0.05, 0) is 68.1 Å². The van der Waals surface area contributed by atoms with Crippen LogP contribution in [0, 0.1) is 13.8 Å². The largest absolute Gasteiger partial charge is 0.573 e. The maximum Gasteiger partial charge on any atom is 0.573 e. The van der Waals surface area contributed by atoms with Crippen LogP contribution in [0.3, 0.4) is 0 Å². The van der Waals surface area contributed by atoms with E-state index in [0.29, 0.717) is 16.7 Å². The summed E-state index contributed by atoms with van der Waals surface area (Å²) in [7, 11) is 0. The van der Waals surface area contributed by atoms with Crippen LogP contribution in [0.5, 0.6) is 5.75 Å². The monoisotopic (exact) mass is 622 g/mol. The van der Waals surface area contributed by atoms with E-state index < -0.39 is 6.36 Å². The van der Waals surface area contributed by atoms with Gasteiger partial charge in [-0.25, -0.2) is 14.5 Å². The van der Waals surface area contributed by atoms with Crippen LogP contribution in [-0.2, 0) is 0 Å². The molecule has 2 amide bonds. The average molecular weight is 623 g/mol. The predicted molar refractivity (Wildman–Crippen MR) is 168 cm³/mol. The molecule has 2 unspecified atom stereocenters. The number of halogens is 3. The van der Waals surface area contributed by atoms with E-state index in [4.69, 9.17) is 0 Å². The summed E-state index contributed by atoms with van der Waals surface area (Å²) in [5, 5.41) is 8.22. The van der Waals surface area contributed by atoms with Crippen molar-refractivity contribution in [2.24, 2.45) is 4.99 Å². The topological polar surface area (TPSA) is 84.6 Å². The van der Waals surface area contributed by atoms with E-state index in [1.165, 1.54) is 35.3 Å². The molecule has 44 heavy (non-hydrogen) atoms. The van der Waals surface area contributed by atoms with E-state index in [0.717, 1.165) is 46.7 Å². The zero-order chi connectivity index (χ0) is 31.4. The maximum atomic E-state index is 13.0. The lowest BCUT2D eigenvalue weighted by Crippen LogP contribution is -2.39. The standard InChI is InChI=1S/C32H33F3N6O2S/c1-20-7-5-8-21(2)28(20)40-17-6-18-44-31(40)38-30(42)37-23(4)22(3)24-9-11-25(12-10-24)29-36-19-41(39-29)26-13-15-27(16-14-26)43-32(33,34)35/h5,7-16,19,22-23H,6,17-18H2,1-4H3,(H,37,42). The number of hydrogen-bond acceptors (Lipinski definition) is 5. The van der Waals surface area contributed by atoms with Gasteiger partial charge in [0.1, 0.15) is 12.1 Å². The number of amidine groups is 1. The highest BCUT2D eigenvalue weighted by atomic mass is 32.2. The molecule has 1 aromatic heterocycles. The van der Waals surface area contributed by atoms with Crippen molar-refractivity contribution in [3.05, 3.63) is 89.7 Å². The molecule has 1 saturated heterocycles. The minimum atomic E-state index is -4.75. The van der Waals surface area contributed by atoms with E-state index in [2.05, 4.69) is 56.0 Å². The van der Waals surface area contributed by atoms with E-state index in [1.54, 1.807) is 11.8 Å². The van der Waals surface area contributed by atoms with Gasteiger partial charge in [0.05, 0.1) is 5.69 Å². The first-order valence-electron chi connectivity index (χ1n) is 14.2. The minimum absolute atomic E-state index is 0.00451. The van der Waals surface area contributed by atoms with E-state index in [-0.39, 0.29) is 23.7 Å². The molecule has 0 aliphatic carbocycles. The number of urea groups is 1. The van der Waals surface area contributed by atoms with Crippen LogP contribution in [-0.4, -0.2) is 50.7 Å². The molecule has 12 heteroatoms. The highest BCUT2D eigenvalue weighted by Crippen LogP contribution is 2.31. The number of thioether (sulfide) groups is 1. The zero-order valence-corrected chi connectivity index (χ0v) is 25.6. The van der Waals surface area contributed by atoms with Crippen LogP contribution in [0.1, 0.15) is 42.9 Å². The lowest BCUT2D eigenvalue weighted by atomic mass is 9.93. The van der Waals surface area contributed by atoms with Crippen molar-refractivity contribution in [3.8, 4) is 22.8 Å². The molecule has 1 aliphatic heterocycles. The number of carbonyl (C=O) groups excluding carboxylic acids is 1. The Morgan fingerprint density at radius 2 is 1.70 bits per heavy atom. The Balaban J connectivity index is 1.22. The molecule has 8 nitrogen and oxygen atoms in total. The Bertz CT molecular complexity index is 1620. The number of aromatic nitrogens is 3. The second-order valence-electron chi connectivity index (χ2n) is 10.7. The molecule has 0 spiro atoms. The first-order chi connectivity index (χ1) is 21.0. The van der Waals surface area contributed by atoms with Gasteiger partial charge < -0.3 is 15.0 Å². The zero-order valence-electron chi connectivity index (χ0n) is 24.8. The van der Waals surface area contributed by atoms with Crippen LogP contribution >= 0.6 is 11.8 Å². The fraction of sp³-hybridized carbons (Fsp3) is 0.312. The molecule has 5 rings (SSSR count). The summed E-state index contributed by atoms with van der Waals surface area (Å²) in [6.07, 6.45) is -2.23. The fourth-order valence-corrected chi connectivity index (χ4v) is 6.02. The number of benzene rings is 3. The number of ether oxygens (including phenoxy) is 1. The highest BCUT2D eigenvalue weighted by Gasteiger charge is 2.31. The number of carbonyl (C=O) groups is 1. The molecule has 1 fully saturated rings. The maximum absolute atomic E-state index is 13.0. The van der Waals surface area contributed by atoms with Gasteiger partial charge in [-0.1, -0.05) is 61.2 Å².